The van der Waals surface area contributed by atoms with Crippen LogP contribution in [0.25, 0.3) is 0 Å². The van der Waals surface area contributed by atoms with Crippen molar-refractivity contribution in [2.24, 2.45) is 0 Å². The van der Waals surface area contributed by atoms with Crippen molar-refractivity contribution in [1.29, 1.82) is 0 Å². The minimum atomic E-state index is -0.0625. The number of carbonyl (C=O) groups is 2. The standard InChI is InChI=1S/C5H8O2.Co/c1-4(6)3-5(2)7;/h3H2,1-2H3;/q;+3. The van der Waals surface area contributed by atoms with E-state index in [0.717, 1.165) is 0 Å². The predicted octanol–water partition coefficient (Wildman–Crippen LogP) is 0.552. The van der Waals surface area contributed by atoms with E-state index in [1.54, 1.807) is 0 Å². The van der Waals surface area contributed by atoms with Gasteiger partial charge in [-0.15, -0.1) is 0 Å². The maximum atomic E-state index is 10.0. The number of rotatable bonds is 2. The molecule has 2 nitrogen and oxygen atoms in total. The molecular formula is C5H8CoO2+3. The van der Waals surface area contributed by atoms with Crippen LogP contribution in [0.5, 0.6) is 0 Å². The number of hydrogen-bond donors (Lipinski definition) is 0. The van der Waals surface area contributed by atoms with E-state index >= 15 is 0 Å². The van der Waals surface area contributed by atoms with E-state index in [2.05, 4.69) is 0 Å². The minimum Gasteiger partial charge on any atom is -0.300 e. The summed E-state index contributed by atoms with van der Waals surface area (Å²) in [7, 11) is 0. The molecule has 0 N–H and O–H groups in total. The van der Waals surface area contributed by atoms with Crippen molar-refractivity contribution in [3.05, 3.63) is 0 Å². The number of ketones is 2. The fourth-order valence-corrected chi connectivity index (χ4v) is 0.351. The van der Waals surface area contributed by atoms with Gasteiger partial charge < -0.3 is 0 Å². The summed E-state index contributed by atoms with van der Waals surface area (Å²) in [5, 5.41) is 0. The molecule has 46 valence electrons. The largest absolute Gasteiger partial charge is 3.00 e. The van der Waals surface area contributed by atoms with E-state index in [-0.39, 0.29) is 34.8 Å². The Morgan fingerprint density at radius 1 is 1.12 bits per heavy atom. The molecule has 0 saturated carbocycles. The molecule has 0 aromatic heterocycles. The molecule has 0 heterocycles. The summed E-state index contributed by atoms with van der Waals surface area (Å²) in [5.74, 6) is -0.125. The fraction of sp³-hybridized carbons (Fsp3) is 0.600. The summed E-state index contributed by atoms with van der Waals surface area (Å²) < 4.78 is 0. The van der Waals surface area contributed by atoms with Gasteiger partial charge in [-0.3, -0.25) is 9.59 Å². The summed E-state index contributed by atoms with van der Waals surface area (Å²) >= 11 is 0. The molecule has 0 aliphatic rings. The van der Waals surface area contributed by atoms with Gasteiger partial charge in [0.25, 0.3) is 0 Å². The van der Waals surface area contributed by atoms with Crippen molar-refractivity contribution in [3.8, 4) is 0 Å². The van der Waals surface area contributed by atoms with E-state index in [9.17, 15) is 9.59 Å². The molecule has 0 aliphatic carbocycles. The van der Waals surface area contributed by atoms with Gasteiger partial charge in [0.2, 0.25) is 0 Å². The zero-order chi connectivity index (χ0) is 5.86. The van der Waals surface area contributed by atoms with Gasteiger partial charge in [-0.05, 0) is 13.8 Å². The van der Waals surface area contributed by atoms with Crippen LogP contribution in [0.2, 0.25) is 0 Å². The third kappa shape index (κ3) is 9.28. The summed E-state index contributed by atoms with van der Waals surface area (Å²) in [6.45, 7) is 2.81. The third-order valence-corrected chi connectivity index (χ3v) is 0.498. The van der Waals surface area contributed by atoms with Gasteiger partial charge in [0.15, 0.2) is 0 Å². The second kappa shape index (κ2) is 4.99. The Bertz CT molecular complexity index is 86.6. The molecule has 0 rings (SSSR count). The normalized spacial score (nSPS) is 7.25. The number of carbonyl (C=O) groups excluding carboxylic acids is 2. The first kappa shape index (κ1) is 10.8. The zero-order valence-electron chi connectivity index (χ0n) is 4.86. The molecule has 0 saturated heterocycles. The maximum absolute atomic E-state index is 10.0. The van der Waals surface area contributed by atoms with Gasteiger partial charge >= 0.3 is 16.8 Å². The molecule has 0 radical (unpaired) electrons. The van der Waals surface area contributed by atoms with Gasteiger partial charge in [0.05, 0.1) is 6.42 Å². The molecule has 0 aromatic carbocycles. The Hall–Kier alpha value is -0.154. The van der Waals surface area contributed by atoms with Crippen molar-refractivity contribution in [2.75, 3.05) is 0 Å². The summed E-state index contributed by atoms with van der Waals surface area (Å²) in [4.78, 5) is 20.1. The Kier molecular flexibility index (Phi) is 6.72. The van der Waals surface area contributed by atoms with Crippen LogP contribution >= 0.6 is 0 Å². The summed E-state index contributed by atoms with van der Waals surface area (Å²) in [6.07, 6.45) is 0.0833. The van der Waals surface area contributed by atoms with Gasteiger partial charge in [-0.2, -0.15) is 0 Å². The van der Waals surface area contributed by atoms with Crippen LogP contribution in [0, 0.1) is 0 Å². The molecule has 0 bridgehead atoms. The van der Waals surface area contributed by atoms with Crippen LogP contribution in [-0.4, -0.2) is 11.6 Å². The SMILES string of the molecule is CC(=O)CC(C)=O.[Co+3]. The van der Waals surface area contributed by atoms with E-state index < -0.39 is 0 Å². The van der Waals surface area contributed by atoms with Crippen LogP contribution in [0.15, 0.2) is 0 Å². The molecule has 8 heavy (non-hydrogen) atoms. The van der Waals surface area contributed by atoms with Gasteiger partial charge in [-0.1, -0.05) is 0 Å². The predicted molar refractivity (Wildman–Crippen MR) is 26.0 cm³/mol. The zero-order valence-corrected chi connectivity index (χ0v) is 5.90. The minimum absolute atomic E-state index is 0. The molecule has 0 aromatic rings. The molecule has 0 amide bonds. The molecule has 0 aliphatic heterocycles. The monoisotopic (exact) mass is 159 g/mol. The molecular weight excluding hydrogens is 151 g/mol. The average Bonchev–Trinajstić information content (AvgIpc) is 1.27. The molecule has 0 spiro atoms. The van der Waals surface area contributed by atoms with Crippen molar-refractivity contribution < 1.29 is 26.4 Å². The second-order valence-electron chi connectivity index (χ2n) is 1.58. The summed E-state index contributed by atoms with van der Waals surface area (Å²) in [5.41, 5.74) is 0. The molecule has 0 atom stereocenters. The van der Waals surface area contributed by atoms with Gasteiger partial charge in [0, 0.05) is 0 Å². The van der Waals surface area contributed by atoms with Crippen molar-refractivity contribution in [1.82, 2.24) is 0 Å². The maximum Gasteiger partial charge on any atom is 3.00 e. The third-order valence-electron chi connectivity index (χ3n) is 0.498. The Morgan fingerprint density at radius 3 is 1.38 bits per heavy atom. The van der Waals surface area contributed by atoms with Crippen LogP contribution < -0.4 is 0 Å². The Balaban J connectivity index is 0. The van der Waals surface area contributed by atoms with Gasteiger partial charge in [-0.25, -0.2) is 0 Å². The van der Waals surface area contributed by atoms with E-state index in [1.807, 2.05) is 0 Å². The van der Waals surface area contributed by atoms with Crippen molar-refractivity contribution in [2.45, 2.75) is 20.3 Å². The van der Waals surface area contributed by atoms with Crippen LogP contribution in [0.4, 0.5) is 0 Å². The molecule has 3 heteroatoms. The van der Waals surface area contributed by atoms with Crippen LogP contribution in [0.1, 0.15) is 20.3 Å². The first-order valence-electron chi connectivity index (χ1n) is 2.12. The summed E-state index contributed by atoms with van der Waals surface area (Å²) in [6, 6.07) is 0. The van der Waals surface area contributed by atoms with Crippen molar-refractivity contribution >= 4 is 11.6 Å². The van der Waals surface area contributed by atoms with Crippen molar-refractivity contribution in [3.63, 3.8) is 0 Å². The second-order valence-corrected chi connectivity index (χ2v) is 1.58. The van der Waals surface area contributed by atoms with Gasteiger partial charge in [0.1, 0.15) is 11.6 Å². The van der Waals surface area contributed by atoms with E-state index in [0.29, 0.717) is 0 Å². The van der Waals surface area contributed by atoms with E-state index in [4.69, 9.17) is 0 Å². The van der Waals surface area contributed by atoms with Crippen LogP contribution in [0.3, 0.4) is 0 Å². The fourth-order valence-electron chi connectivity index (χ4n) is 0.351. The van der Waals surface area contributed by atoms with E-state index in [1.165, 1.54) is 13.8 Å². The average molecular weight is 159 g/mol. The Morgan fingerprint density at radius 2 is 1.38 bits per heavy atom. The number of hydrogen-bond acceptors (Lipinski definition) is 2. The van der Waals surface area contributed by atoms with Crippen LogP contribution in [-0.2, 0) is 26.4 Å². The first-order valence-corrected chi connectivity index (χ1v) is 2.12. The topological polar surface area (TPSA) is 34.1 Å². The Labute approximate surface area is 58.8 Å². The first-order chi connectivity index (χ1) is 3.13. The quantitative estimate of drug-likeness (QED) is 0.551. The molecule has 0 unspecified atom stereocenters. The number of Topliss-reactive ketones (excluding diaryl/α,β-unsaturated/α-hetero) is 2. The smallest absolute Gasteiger partial charge is 0.300 e. The molecule has 0 fully saturated rings.